The first-order valence-corrected chi connectivity index (χ1v) is 5.04. The highest BCUT2D eigenvalue weighted by Crippen LogP contribution is 2.31. The Bertz CT molecular complexity index is 325. The molecule has 15 heavy (non-hydrogen) atoms. The number of piperidine rings is 1. The molecule has 1 amide bonds. The molecular weight excluding hydrogens is 198 g/mol. The van der Waals surface area contributed by atoms with Gasteiger partial charge < -0.3 is 9.64 Å². The van der Waals surface area contributed by atoms with Crippen molar-refractivity contribution in [3.63, 3.8) is 0 Å². The number of fused-ring (bicyclic) bond motifs is 1. The van der Waals surface area contributed by atoms with Crippen molar-refractivity contribution in [2.24, 2.45) is 0 Å². The highest BCUT2D eigenvalue weighted by molar-refractivity contribution is 6.02. The van der Waals surface area contributed by atoms with E-state index in [0.29, 0.717) is 12.8 Å². The average molecular weight is 211 g/mol. The van der Waals surface area contributed by atoms with Crippen molar-refractivity contribution in [3.05, 3.63) is 0 Å². The first-order valence-electron chi connectivity index (χ1n) is 5.04. The molecular formula is C10H13NO4. The number of carbonyl (C=O) groups excluding carboxylic acids is 3. The number of ketones is 1. The lowest BCUT2D eigenvalue weighted by atomic mass is 10.0. The molecule has 0 aliphatic carbocycles. The van der Waals surface area contributed by atoms with Crippen LogP contribution in [0.1, 0.15) is 25.7 Å². The highest BCUT2D eigenvalue weighted by atomic mass is 16.5. The SMILES string of the molecule is COC(=O)C1CCC2CC(=O)CC(=O)N21. The molecule has 2 unspecified atom stereocenters. The number of esters is 1. The molecule has 2 aliphatic heterocycles. The minimum absolute atomic E-state index is 0.0215. The zero-order chi connectivity index (χ0) is 11.0. The van der Waals surface area contributed by atoms with Crippen LogP contribution in [0.25, 0.3) is 0 Å². The summed E-state index contributed by atoms with van der Waals surface area (Å²) < 4.78 is 4.64. The van der Waals surface area contributed by atoms with Crippen molar-refractivity contribution in [1.82, 2.24) is 4.90 Å². The fourth-order valence-corrected chi connectivity index (χ4v) is 2.42. The van der Waals surface area contributed by atoms with E-state index in [0.717, 1.165) is 6.42 Å². The summed E-state index contributed by atoms with van der Waals surface area (Å²) >= 11 is 0. The van der Waals surface area contributed by atoms with Gasteiger partial charge in [0.2, 0.25) is 5.91 Å². The van der Waals surface area contributed by atoms with Gasteiger partial charge in [-0.15, -0.1) is 0 Å². The Balaban J connectivity index is 2.17. The van der Waals surface area contributed by atoms with Gasteiger partial charge in [0.1, 0.15) is 11.8 Å². The monoisotopic (exact) mass is 211 g/mol. The third-order valence-electron chi connectivity index (χ3n) is 3.08. The molecule has 0 aromatic heterocycles. The second-order valence-electron chi connectivity index (χ2n) is 3.99. The molecule has 0 spiro atoms. The van der Waals surface area contributed by atoms with Gasteiger partial charge in [-0.05, 0) is 12.8 Å². The van der Waals surface area contributed by atoms with Crippen LogP contribution in [0.3, 0.4) is 0 Å². The van der Waals surface area contributed by atoms with Gasteiger partial charge in [0.05, 0.1) is 13.5 Å². The standard InChI is InChI=1S/C10H13NO4/c1-15-10(14)8-3-2-6-4-7(12)5-9(13)11(6)8/h6,8H,2-5H2,1H3. The second kappa shape index (κ2) is 3.64. The van der Waals surface area contributed by atoms with E-state index < -0.39 is 6.04 Å². The van der Waals surface area contributed by atoms with Crippen LogP contribution in [0, 0.1) is 0 Å². The molecule has 2 saturated heterocycles. The van der Waals surface area contributed by atoms with Gasteiger partial charge >= 0.3 is 5.97 Å². The van der Waals surface area contributed by atoms with Crippen molar-refractivity contribution in [2.75, 3.05) is 7.11 Å². The van der Waals surface area contributed by atoms with Crippen molar-refractivity contribution in [3.8, 4) is 0 Å². The van der Waals surface area contributed by atoms with Crippen LogP contribution in [-0.4, -0.2) is 41.8 Å². The molecule has 0 aromatic rings. The van der Waals surface area contributed by atoms with Gasteiger partial charge in [-0.25, -0.2) is 4.79 Å². The Hall–Kier alpha value is -1.39. The highest BCUT2D eigenvalue weighted by Gasteiger charge is 2.45. The van der Waals surface area contributed by atoms with Crippen LogP contribution in [0.15, 0.2) is 0 Å². The fraction of sp³-hybridized carbons (Fsp3) is 0.700. The van der Waals surface area contributed by atoms with E-state index in [2.05, 4.69) is 4.74 Å². The third-order valence-corrected chi connectivity index (χ3v) is 3.08. The minimum Gasteiger partial charge on any atom is -0.467 e. The zero-order valence-electron chi connectivity index (χ0n) is 8.56. The van der Waals surface area contributed by atoms with Crippen molar-refractivity contribution >= 4 is 17.7 Å². The first kappa shape index (κ1) is 10.1. The normalized spacial score (nSPS) is 30.3. The van der Waals surface area contributed by atoms with E-state index in [1.807, 2.05) is 0 Å². The molecule has 0 saturated carbocycles. The summed E-state index contributed by atoms with van der Waals surface area (Å²) in [6.07, 6.45) is 1.65. The summed E-state index contributed by atoms with van der Waals surface area (Å²) in [5, 5.41) is 0. The minimum atomic E-state index is -0.472. The van der Waals surface area contributed by atoms with Crippen molar-refractivity contribution < 1.29 is 19.1 Å². The van der Waals surface area contributed by atoms with Crippen LogP contribution >= 0.6 is 0 Å². The number of carbonyl (C=O) groups is 3. The van der Waals surface area contributed by atoms with Gasteiger partial charge in [0, 0.05) is 12.5 Å². The molecule has 0 radical (unpaired) electrons. The average Bonchev–Trinajstić information content (AvgIpc) is 2.60. The van der Waals surface area contributed by atoms with E-state index >= 15 is 0 Å². The van der Waals surface area contributed by atoms with E-state index in [1.165, 1.54) is 12.0 Å². The number of hydrogen-bond acceptors (Lipinski definition) is 4. The number of rotatable bonds is 1. The van der Waals surface area contributed by atoms with E-state index in [-0.39, 0.29) is 30.1 Å². The van der Waals surface area contributed by atoms with Crippen LogP contribution < -0.4 is 0 Å². The number of nitrogens with zero attached hydrogens (tertiary/aromatic N) is 1. The van der Waals surface area contributed by atoms with Gasteiger partial charge in [0.15, 0.2) is 0 Å². The molecule has 5 nitrogen and oxygen atoms in total. The molecule has 2 atom stereocenters. The van der Waals surface area contributed by atoms with Crippen LogP contribution in [0.5, 0.6) is 0 Å². The first-order chi connectivity index (χ1) is 7.13. The van der Waals surface area contributed by atoms with Crippen molar-refractivity contribution in [1.29, 1.82) is 0 Å². The molecule has 2 heterocycles. The third kappa shape index (κ3) is 1.62. The topological polar surface area (TPSA) is 63.7 Å². The number of methoxy groups -OCH3 is 1. The number of amides is 1. The molecule has 0 N–H and O–H groups in total. The predicted molar refractivity (Wildman–Crippen MR) is 49.9 cm³/mol. The summed E-state index contributed by atoms with van der Waals surface area (Å²) in [7, 11) is 1.31. The number of hydrogen-bond donors (Lipinski definition) is 0. The van der Waals surface area contributed by atoms with E-state index in [4.69, 9.17) is 0 Å². The maximum Gasteiger partial charge on any atom is 0.328 e. The lowest BCUT2D eigenvalue weighted by molar-refractivity contribution is -0.155. The number of ether oxygens (including phenoxy) is 1. The van der Waals surface area contributed by atoms with Gasteiger partial charge in [-0.1, -0.05) is 0 Å². The summed E-state index contributed by atoms with van der Waals surface area (Å²) in [6, 6.07) is -0.552. The summed E-state index contributed by atoms with van der Waals surface area (Å²) in [4.78, 5) is 35.7. The molecule has 5 heteroatoms. The van der Waals surface area contributed by atoms with Crippen LogP contribution in [0.4, 0.5) is 0 Å². The maximum atomic E-state index is 11.6. The smallest absolute Gasteiger partial charge is 0.328 e. The Labute approximate surface area is 87.4 Å². The predicted octanol–water partition coefficient (Wildman–Crippen LogP) is -0.118. The van der Waals surface area contributed by atoms with Crippen LogP contribution in [-0.2, 0) is 19.1 Å². The largest absolute Gasteiger partial charge is 0.467 e. The summed E-state index contributed by atoms with van der Waals surface area (Å²) in [5.74, 6) is -0.629. The molecule has 2 aliphatic rings. The molecule has 0 aromatic carbocycles. The van der Waals surface area contributed by atoms with E-state index in [1.54, 1.807) is 0 Å². The molecule has 82 valence electrons. The Morgan fingerprint density at radius 1 is 1.40 bits per heavy atom. The lowest BCUT2D eigenvalue weighted by Gasteiger charge is -2.31. The molecule has 2 rings (SSSR count). The van der Waals surface area contributed by atoms with Crippen molar-refractivity contribution in [2.45, 2.75) is 37.8 Å². The maximum absolute atomic E-state index is 11.6. The summed E-state index contributed by atoms with van der Waals surface area (Å²) in [5.41, 5.74) is 0. The second-order valence-corrected chi connectivity index (χ2v) is 3.99. The Kier molecular flexibility index (Phi) is 2.46. The van der Waals surface area contributed by atoms with Gasteiger partial charge in [-0.3, -0.25) is 9.59 Å². The van der Waals surface area contributed by atoms with Gasteiger partial charge in [-0.2, -0.15) is 0 Å². The van der Waals surface area contributed by atoms with Gasteiger partial charge in [0.25, 0.3) is 0 Å². The zero-order valence-corrected chi connectivity index (χ0v) is 8.56. The van der Waals surface area contributed by atoms with E-state index in [9.17, 15) is 14.4 Å². The number of Topliss-reactive ketones (excluding diaryl/α,β-unsaturated/α-hetero) is 1. The fourth-order valence-electron chi connectivity index (χ4n) is 2.42. The molecule has 2 fully saturated rings. The Morgan fingerprint density at radius 3 is 2.80 bits per heavy atom. The summed E-state index contributed by atoms with van der Waals surface area (Å²) in [6.45, 7) is 0. The quantitative estimate of drug-likeness (QED) is 0.448. The lowest BCUT2D eigenvalue weighted by Crippen LogP contribution is -2.49. The molecule has 0 bridgehead atoms. The van der Waals surface area contributed by atoms with Crippen LogP contribution in [0.2, 0.25) is 0 Å². The Morgan fingerprint density at radius 2 is 2.13 bits per heavy atom.